The molecule has 2 heterocycles. The smallest absolute Gasteiger partial charge is 0.248 e. The van der Waals surface area contributed by atoms with Gasteiger partial charge in [-0.2, -0.15) is 0 Å². The molecular weight excluding hydrogens is 438 g/mol. The normalized spacial score (nSPS) is 24.9. The minimum absolute atomic E-state index is 0. The Balaban J connectivity index is 0.00000245. The lowest BCUT2D eigenvalue weighted by molar-refractivity contribution is -0.134. The van der Waals surface area contributed by atoms with E-state index in [9.17, 15) is 13.6 Å². The van der Waals surface area contributed by atoms with Crippen molar-refractivity contribution in [2.45, 2.75) is 75.5 Å². The first-order chi connectivity index (χ1) is 14.9. The number of benzene rings is 1. The molecule has 1 unspecified atom stereocenters. The van der Waals surface area contributed by atoms with Gasteiger partial charge in [0.25, 0.3) is 0 Å². The quantitative estimate of drug-likeness (QED) is 0.555. The van der Waals surface area contributed by atoms with Gasteiger partial charge in [0.2, 0.25) is 11.8 Å². The molecule has 176 valence electrons. The van der Waals surface area contributed by atoms with Crippen LogP contribution < -0.4 is 11.1 Å². The summed E-state index contributed by atoms with van der Waals surface area (Å²) in [5.74, 6) is -1.83. The van der Waals surface area contributed by atoms with Crippen LogP contribution in [-0.2, 0) is 9.53 Å². The van der Waals surface area contributed by atoms with Crippen molar-refractivity contribution < 1.29 is 18.3 Å². The summed E-state index contributed by atoms with van der Waals surface area (Å²) >= 11 is 0. The Morgan fingerprint density at radius 1 is 1.28 bits per heavy atom. The minimum Gasteiger partial charge on any atom is -0.376 e. The maximum atomic E-state index is 13.1. The van der Waals surface area contributed by atoms with Crippen LogP contribution in [0.15, 0.2) is 18.2 Å². The SMILES string of the molecule is Cl.NC(c1nc2ccc([C@H](NC(=O)CC3CC(F)(F)C3)C3CC3)cc2[nH]1)[C@H]1CCCCO1. The Morgan fingerprint density at radius 2 is 2.06 bits per heavy atom. The largest absolute Gasteiger partial charge is 0.376 e. The van der Waals surface area contributed by atoms with Gasteiger partial charge in [-0.3, -0.25) is 4.79 Å². The number of alkyl halides is 2. The van der Waals surface area contributed by atoms with Gasteiger partial charge in [-0.25, -0.2) is 13.8 Å². The molecule has 1 aromatic carbocycles. The number of H-pyrrole nitrogens is 1. The molecule has 1 aliphatic heterocycles. The number of nitrogens with zero attached hydrogens (tertiary/aromatic N) is 1. The number of nitrogens with two attached hydrogens (primary N) is 1. The minimum atomic E-state index is -2.59. The highest BCUT2D eigenvalue weighted by Crippen LogP contribution is 2.45. The molecule has 5 rings (SSSR count). The highest BCUT2D eigenvalue weighted by atomic mass is 35.5. The average Bonchev–Trinajstić information content (AvgIpc) is 3.48. The van der Waals surface area contributed by atoms with Crippen LogP contribution in [0.4, 0.5) is 8.78 Å². The zero-order valence-corrected chi connectivity index (χ0v) is 18.8. The first-order valence-corrected chi connectivity index (χ1v) is 11.4. The van der Waals surface area contributed by atoms with Crippen LogP contribution in [0.2, 0.25) is 0 Å². The fourth-order valence-corrected chi connectivity index (χ4v) is 4.95. The van der Waals surface area contributed by atoms with Crippen molar-refractivity contribution in [1.29, 1.82) is 0 Å². The molecule has 6 nitrogen and oxygen atoms in total. The van der Waals surface area contributed by atoms with E-state index in [0.29, 0.717) is 5.92 Å². The van der Waals surface area contributed by atoms with E-state index >= 15 is 0 Å². The molecule has 2 aromatic rings. The number of rotatable bonds is 7. The number of nitrogens with one attached hydrogen (secondary N) is 2. The number of imidazole rings is 1. The van der Waals surface area contributed by atoms with Crippen LogP contribution >= 0.6 is 12.4 Å². The zero-order chi connectivity index (χ0) is 21.6. The van der Waals surface area contributed by atoms with E-state index in [-0.39, 0.29) is 61.7 Å². The van der Waals surface area contributed by atoms with Crippen molar-refractivity contribution in [2.24, 2.45) is 17.6 Å². The zero-order valence-electron chi connectivity index (χ0n) is 18.0. The molecule has 3 atom stereocenters. The molecule has 2 aliphatic carbocycles. The molecule has 1 amide bonds. The van der Waals surface area contributed by atoms with E-state index in [4.69, 9.17) is 10.5 Å². The molecule has 9 heteroatoms. The molecular formula is C23H31ClF2N4O2. The van der Waals surface area contributed by atoms with Crippen molar-refractivity contribution >= 4 is 29.3 Å². The van der Waals surface area contributed by atoms with Crippen LogP contribution in [0.5, 0.6) is 0 Å². The number of aromatic nitrogens is 2. The fourth-order valence-electron chi connectivity index (χ4n) is 4.95. The Kier molecular flexibility index (Phi) is 6.75. The highest BCUT2D eigenvalue weighted by molar-refractivity contribution is 5.85. The molecule has 3 aliphatic rings. The van der Waals surface area contributed by atoms with E-state index in [0.717, 1.165) is 61.1 Å². The summed E-state index contributed by atoms with van der Waals surface area (Å²) < 4.78 is 32.0. The number of carbonyl (C=O) groups is 1. The number of hydrogen-bond acceptors (Lipinski definition) is 4. The van der Waals surface area contributed by atoms with Gasteiger partial charge in [-0.15, -0.1) is 12.4 Å². The molecule has 2 saturated carbocycles. The van der Waals surface area contributed by atoms with Crippen LogP contribution in [-0.4, -0.2) is 34.5 Å². The van der Waals surface area contributed by atoms with Crippen molar-refractivity contribution in [1.82, 2.24) is 15.3 Å². The second kappa shape index (κ2) is 9.23. The molecule has 4 N–H and O–H groups in total. The van der Waals surface area contributed by atoms with Gasteiger partial charge < -0.3 is 20.8 Å². The Hall–Kier alpha value is -1.77. The van der Waals surface area contributed by atoms with Gasteiger partial charge in [0.15, 0.2) is 0 Å². The van der Waals surface area contributed by atoms with E-state index < -0.39 is 5.92 Å². The number of carbonyl (C=O) groups excluding carboxylic acids is 1. The van der Waals surface area contributed by atoms with Gasteiger partial charge in [0, 0.05) is 25.9 Å². The Bertz CT molecular complexity index is 951. The van der Waals surface area contributed by atoms with Gasteiger partial charge >= 0.3 is 0 Å². The summed E-state index contributed by atoms with van der Waals surface area (Å²) in [6, 6.07) is 5.58. The van der Waals surface area contributed by atoms with Crippen molar-refractivity contribution in [2.75, 3.05) is 6.61 Å². The van der Waals surface area contributed by atoms with E-state index in [1.54, 1.807) is 0 Å². The topological polar surface area (TPSA) is 93.0 Å². The van der Waals surface area contributed by atoms with Crippen molar-refractivity contribution in [3.8, 4) is 0 Å². The fraction of sp³-hybridized carbons (Fsp3) is 0.652. The van der Waals surface area contributed by atoms with Gasteiger partial charge in [-0.1, -0.05) is 6.07 Å². The van der Waals surface area contributed by atoms with Crippen LogP contribution in [0.3, 0.4) is 0 Å². The van der Waals surface area contributed by atoms with E-state index in [1.807, 2.05) is 18.2 Å². The summed E-state index contributed by atoms with van der Waals surface area (Å²) in [6.07, 6.45) is 5.04. The summed E-state index contributed by atoms with van der Waals surface area (Å²) in [5.41, 5.74) is 9.15. The van der Waals surface area contributed by atoms with Crippen LogP contribution in [0.25, 0.3) is 11.0 Å². The Labute approximate surface area is 192 Å². The maximum absolute atomic E-state index is 13.1. The summed E-state index contributed by atoms with van der Waals surface area (Å²) in [4.78, 5) is 20.5. The molecule has 0 radical (unpaired) electrons. The molecule has 32 heavy (non-hydrogen) atoms. The first-order valence-electron chi connectivity index (χ1n) is 11.4. The van der Waals surface area contributed by atoms with Gasteiger partial charge in [0.1, 0.15) is 5.82 Å². The number of fused-ring (bicyclic) bond motifs is 1. The third-order valence-corrected chi connectivity index (χ3v) is 6.87. The molecule has 0 spiro atoms. The van der Waals surface area contributed by atoms with E-state index in [2.05, 4.69) is 15.3 Å². The van der Waals surface area contributed by atoms with Gasteiger partial charge in [-0.05, 0) is 61.6 Å². The summed E-state index contributed by atoms with van der Waals surface area (Å²) in [5, 5.41) is 3.10. The maximum Gasteiger partial charge on any atom is 0.248 e. The van der Waals surface area contributed by atoms with Crippen molar-refractivity contribution in [3.05, 3.63) is 29.6 Å². The third-order valence-electron chi connectivity index (χ3n) is 6.87. The summed E-state index contributed by atoms with van der Waals surface area (Å²) in [6.45, 7) is 0.740. The molecule has 1 saturated heterocycles. The number of aromatic amines is 1. The number of halogens is 3. The highest BCUT2D eigenvalue weighted by Gasteiger charge is 2.46. The summed E-state index contributed by atoms with van der Waals surface area (Å²) in [7, 11) is 0. The average molecular weight is 469 g/mol. The van der Waals surface area contributed by atoms with Crippen LogP contribution in [0.1, 0.15) is 74.8 Å². The standard InChI is InChI=1S/C23H30F2N4O2.ClH/c24-23(25)11-13(12-23)9-19(30)29-21(14-4-5-14)15-6-7-16-17(10-15)28-22(27-16)20(26)18-3-1-2-8-31-18;/h6-7,10,13-14,18,20-21H,1-5,8-9,11-12,26H2,(H,27,28)(H,29,30);1H/t18-,20?,21-;/m1./s1. The second-order valence-corrected chi connectivity index (χ2v) is 9.55. The molecule has 3 fully saturated rings. The predicted molar refractivity (Wildman–Crippen MR) is 120 cm³/mol. The lowest BCUT2D eigenvalue weighted by Crippen LogP contribution is -2.39. The first kappa shape index (κ1) is 23.4. The van der Waals surface area contributed by atoms with Crippen molar-refractivity contribution in [3.63, 3.8) is 0 Å². The number of ether oxygens (including phenoxy) is 1. The monoisotopic (exact) mass is 468 g/mol. The second-order valence-electron chi connectivity index (χ2n) is 9.55. The lowest BCUT2D eigenvalue weighted by atomic mass is 9.79. The van der Waals surface area contributed by atoms with E-state index in [1.165, 1.54) is 0 Å². The predicted octanol–water partition coefficient (Wildman–Crippen LogP) is 4.56. The number of hydrogen-bond donors (Lipinski definition) is 3. The molecule has 0 bridgehead atoms. The van der Waals surface area contributed by atoms with Crippen LogP contribution in [0, 0.1) is 11.8 Å². The Morgan fingerprint density at radius 3 is 2.72 bits per heavy atom. The molecule has 1 aromatic heterocycles. The lowest BCUT2D eigenvalue weighted by Gasteiger charge is -2.34. The van der Waals surface area contributed by atoms with Gasteiger partial charge in [0.05, 0.1) is 29.2 Å². The number of amides is 1. The third kappa shape index (κ3) is 5.07.